The number of primary amides is 1. The first kappa shape index (κ1) is 13.7. The van der Waals surface area contributed by atoms with Gasteiger partial charge in [-0.1, -0.05) is 22.0 Å². The molecule has 2 heterocycles. The summed E-state index contributed by atoms with van der Waals surface area (Å²) in [7, 11) is 0. The molecule has 0 bridgehead atoms. The van der Waals surface area contributed by atoms with Crippen molar-refractivity contribution in [2.24, 2.45) is 5.73 Å². The summed E-state index contributed by atoms with van der Waals surface area (Å²) in [4.78, 5) is 26.9. The van der Waals surface area contributed by atoms with E-state index in [2.05, 4.69) is 20.9 Å². The van der Waals surface area contributed by atoms with E-state index in [1.165, 1.54) is 4.90 Å². The molecule has 0 spiro atoms. The van der Waals surface area contributed by atoms with Gasteiger partial charge in [0.05, 0.1) is 17.6 Å². The van der Waals surface area contributed by atoms with Gasteiger partial charge in [-0.15, -0.1) is 0 Å². The summed E-state index contributed by atoms with van der Waals surface area (Å²) < 4.78 is 0.846. The molecule has 0 aliphatic carbocycles. The van der Waals surface area contributed by atoms with Gasteiger partial charge in [0.15, 0.2) is 0 Å². The van der Waals surface area contributed by atoms with Gasteiger partial charge in [0.1, 0.15) is 0 Å². The number of nitrogens with one attached hydrogen (secondary N) is 1. The van der Waals surface area contributed by atoms with E-state index in [0.717, 1.165) is 21.1 Å². The maximum Gasteiger partial charge on any atom is 0.407 e. The summed E-state index contributed by atoms with van der Waals surface area (Å²) in [6.07, 6.45) is 0.910. The standard InChI is InChI=1S/C14H12BrN3O3/c15-10-2-1-8(13(16)19)12-9(10)5-11(17-12)7-3-4-18(6-7)14(20)21/h1-3,5,17H,4,6H2,(H2,16,19)(H,20,21). The van der Waals surface area contributed by atoms with Crippen LogP contribution in [0.15, 0.2) is 28.7 Å². The molecule has 1 aliphatic heterocycles. The molecule has 1 aromatic heterocycles. The molecule has 3 rings (SSSR count). The highest BCUT2D eigenvalue weighted by Gasteiger charge is 2.21. The summed E-state index contributed by atoms with van der Waals surface area (Å²) in [5, 5.41) is 9.84. The van der Waals surface area contributed by atoms with Crippen molar-refractivity contribution in [3.05, 3.63) is 40.0 Å². The summed E-state index contributed by atoms with van der Waals surface area (Å²) >= 11 is 3.44. The number of hydrogen-bond acceptors (Lipinski definition) is 2. The molecular weight excluding hydrogens is 338 g/mol. The van der Waals surface area contributed by atoms with Crippen LogP contribution in [-0.2, 0) is 0 Å². The number of benzene rings is 1. The zero-order valence-corrected chi connectivity index (χ0v) is 12.5. The molecule has 0 unspecified atom stereocenters. The first-order chi connectivity index (χ1) is 9.97. The van der Waals surface area contributed by atoms with Crippen LogP contribution in [0.3, 0.4) is 0 Å². The molecule has 108 valence electrons. The minimum atomic E-state index is -0.948. The van der Waals surface area contributed by atoms with E-state index in [1.54, 1.807) is 12.1 Å². The topological polar surface area (TPSA) is 99.4 Å². The van der Waals surface area contributed by atoms with Gasteiger partial charge in [0.2, 0.25) is 0 Å². The Hall–Kier alpha value is -2.28. The first-order valence-corrected chi connectivity index (χ1v) is 7.05. The summed E-state index contributed by atoms with van der Waals surface area (Å²) in [6, 6.07) is 5.32. The molecule has 1 aliphatic rings. The van der Waals surface area contributed by atoms with E-state index in [9.17, 15) is 9.59 Å². The summed E-state index contributed by atoms with van der Waals surface area (Å²) in [5.74, 6) is -0.506. The largest absolute Gasteiger partial charge is 0.465 e. The zero-order chi connectivity index (χ0) is 15.1. The Bertz CT molecular complexity index is 794. The van der Waals surface area contributed by atoms with Crippen LogP contribution in [-0.4, -0.2) is 40.1 Å². The van der Waals surface area contributed by atoms with Gasteiger partial charge in [-0.25, -0.2) is 4.79 Å². The van der Waals surface area contributed by atoms with Crippen molar-refractivity contribution >= 4 is 44.4 Å². The van der Waals surface area contributed by atoms with Crippen molar-refractivity contribution in [1.29, 1.82) is 0 Å². The third kappa shape index (κ3) is 2.29. The summed E-state index contributed by atoms with van der Waals surface area (Å²) in [6.45, 7) is 0.690. The van der Waals surface area contributed by atoms with Crippen LogP contribution in [0.4, 0.5) is 4.79 Å². The fourth-order valence-electron chi connectivity index (χ4n) is 2.46. The third-order valence-electron chi connectivity index (χ3n) is 3.54. The fourth-order valence-corrected chi connectivity index (χ4v) is 2.90. The SMILES string of the molecule is NC(=O)c1ccc(Br)c2cc(C3=CCN(C(=O)O)C3)[nH]c12. The van der Waals surface area contributed by atoms with Crippen LogP contribution in [0.25, 0.3) is 16.5 Å². The number of aromatic amines is 1. The number of carbonyl (C=O) groups is 2. The second-order valence-electron chi connectivity index (χ2n) is 4.82. The molecule has 6 nitrogen and oxygen atoms in total. The molecule has 21 heavy (non-hydrogen) atoms. The van der Waals surface area contributed by atoms with E-state index in [-0.39, 0.29) is 0 Å². The Labute approximate surface area is 128 Å². The van der Waals surface area contributed by atoms with Crippen LogP contribution in [0.5, 0.6) is 0 Å². The number of hydrogen-bond donors (Lipinski definition) is 3. The highest BCUT2D eigenvalue weighted by Crippen LogP contribution is 2.31. The number of rotatable bonds is 2. The zero-order valence-electron chi connectivity index (χ0n) is 10.9. The van der Waals surface area contributed by atoms with Gasteiger partial charge in [0, 0.05) is 22.1 Å². The van der Waals surface area contributed by atoms with Crippen molar-refractivity contribution in [2.45, 2.75) is 0 Å². The summed E-state index contributed by atoms with van der Waals surface area (Å²) in [5.41, 5.74) is 8.12. The number of amides is 2. The van der Waals surface area contributed by atoms with Crippen molar-refractivity contribution < 1.29 is 14.7 Å². The van der Waals surface area contributed by atoms with E-state index in [0.29, 0.717) is 24.2 Å². The molecular formula is C14H12BrN3O3. The minimum absolute atomic E-state index is 0.325. The predicted octanol–water partition coefficient (Wildman–Crippen LogP) is 2.41. The Morgan fingerprint density at radius 2 is 2.14 bits per heavy atom. The number of aromatic nitrogens is 1. The van der Waals surface area contributed by atoms with E-state index < -0.39 is 12.0 Å². The number of halogens is 1. The molecule has 7 heteroatoms. The second-order valence-corrected chi connectivity index (χ2v) is 5.68. The van der Waals surface area contributed by atoms with Gasteiger partial charge in [-0.05, 0) is 23.8 Å². The second kappa shape index (κ2) is 4.92. The molecule has 2 amide bonds. The van der Waals surface area contributed by atoms with Gasteiger partial charge in [-0.2, -0.15) is 0 Å². The van der Waals surface area contributed by atoms with Crippen LogP contribution in [0.2, 0.25) is 0 Å². The first-order valence-electron chi connectivity index (χ1n) is 6.25. The normalized spacial score (nSPS) is 14.5. The Morgan fingerprint density at radius 1 is 1.38 bits per heavy atom. The Balaban J connectivity index is 2.06. The van der Waals surface area contributed by atoms with Crippen molar-refractivity contribution in [3.63, 3.8) is 0 Å². The van der Waals surface area contributed by atoms with Crippen LogP contribution in [0.1, 0.15) is 16.1 Å². The molecule has 0 radical (unpaired) electrons. The number of carboxylic acid groups (broad SMARTS) is 1. The lowest BCUT2D eigenvalue weighted by molar-refractivity contribution is 0.100. The average Bonchev–Trinajstić information content (AvgIpc) is 3.05. The van der Waals surface area contributed by atoms with Crippen molar-refractivity contribution in [3.8, 4) is 0 Å². The van der Waals surface area contributed by atoms with Crippen LogP contribution in [0, 0.1) is 0 Å². The number of nitrogens with two attached hydrogens (primary N) is 1. The maximum atomic E-state index is 11.5. The lowest BCUT2D eigenvalue weighted by Gasteiger charge is -2.10. The molecule has 0 saturated heterocycles. The monoisotopic (exact) mass is 349 g/mol. The van der Waals surface area contributed by atoms with Crippen LogP contribution >= 0.6 is 15.9 Å². The van der Waals surface area contributed by atoms with Gasteiger partial charge in [0.25, 0.3) is 5.91 Å². The quantitative estimate of drug-likeness (QED) is 0.775. The smallest absolute Gasteiger partial charge is 0.407 e. The number of carbonyl (C=O) groups excluding carboxylic acids is 1. The number of H-pyrrole nitrogens is 1. The van der Waals surface area contributed by atoms with Gasteiger partial charge < -0.3 is 20.7 Å². The molecule has 0 atom stereocenters. The molecule has 0 fully saturated rings. The van der Waals surface area contributed by atoms with Crippen molar-refractivity contribution in [1.82, 2.24) is 9.88 Å². The lowest BCUT2D eigenvalue weighted by Crippen LogP contribution is -2.26. The highest BCUT2D eigenvalue weighted by atomic mass is 79.9. The van der Waals surface area contributed by atoms with Crippen molar-refractivity contribution in [2.75, 3.05) is 13.1 Å². The Morgan fingerprint density at radius 3 is 2.76 bits per heavy atom. The van der Waals surface area contributed by atoms with E-state index >= 15 is 0 Å². The molecule has 1 aromatic carbocycles. The van der Waals surface area contributed by atoms with E-state index in [4.69, 9.17) is 10.8 Å². The third-order valence-corrected chi connectivity index (χ3v) is 4.23. The molecule has 0 saturated carbocycles. The molecule has 4 N–H and O–H groups in total. The van der Waals surface area contributed by atoms with E-state index in [1.807, 2.05) is 12.1 Å². The van der Waals surface area contributed by atoms with Gasteiger partial charge in [-0.3, -0.25) is 4.79 Å². The average molecular weight is 350 g/mol. The molecule has 2 aromatic rings. The Kier molecular flexibility index (Phi) is 3.21. The minimum Gasteiger partial charge on any atom is -0.465 e. The fraction of sp³-hybridized carbons (Fsp3) is 0.143. The number of nitrogens with zero attached hydrogens (tertiary/aromatic N) is 1. The lowest BCUT2D eigenvalue weighted by atomic mass is 10.1. The number of fused-ring (bicyclic) bond motifs is 1. The predicted molar refractivity (Wildman–Crippen MR) is 82.1 cm³/mol. The highest BCUT2D eigenvalue weighted by molar-refractivity contribution is 9.10. The maximum absolute atomic E-state index is 11.5. The van der Waals surface area contributed by atoms with Gasteiger partial charge >= 0.3 is 6.09 Å². The van der Waals surface area contributed by atoms with Crippen LogP contribution < -0.4 is 5.73 Å².